The number of aromatic amines is 1. The maximum absolute atomic E-state index is 11.9. The Morgan fingerprint density at radius 3 is 1.41 bits per heavy atom. The van der Waals surface area contributed by atoms with Gasteiger partial charge in [-0.2, -0.15) is 35.0 Å². The summed E-state index contributed by atoms with van der Waals surface area (Å²) >= 11 is 7.33. The number of aromatic nitrogens is 29. The summed E-state index contributed by atoms with van der Waals surface area (Å²) in [5, 5.41) is 62.5. The van der Waals surface area contributed by atoms with E-state index in [1.165, 1.54) is 16.7 Å². The van der Waals surface area contributed by atoms with Gasteiger partial charge in [0.2, 0.25) is 0 Å². The van der Waals surface area contributed by atoms with E-state index in [9.17, 15) is 9.90 Å². The molecule has 0 saturated carbocycles. The van der Waals surface area contributed by atoms with E-state index in [0.717, 1.165) is 163 Å². The molecule has 0 bridgehead atoms. The molecular weight excluding hydrogens is 1710 g/mol. The molecule has 23 rings (SSSR count). The average molecular weight is 1800 g/mol. The SMILES string of the molecule is CCOC(=O)c1nsc(Nc2nccn3c(-c4cnn(C)c4)cnc23)c1Cl.Cc1cc(Nc2nccn3c(-c4cnn(C)c4)cnc23)ccn1.Cn1cc(-c2cnc3c(NC4Cc5ccc(N)cc5C4)nccn23)cn1.Cn1cc(-c2cnc3c(Nc4ccc(O)c(-c5ccn[nH]5)c4)nccn23)cn1.Cn1cc(-c2cnc3c(Nc4cccc(C5CNCCN5)c4)nccn23)cn1. The van der Waals surface area contributed by atoms with Gasteiger partial charge in [0.15, 0.2) is 63.0 Å². The number of H-pyrrole nitrogens is 1. The molecule has 2 aliphatic rings. The monoisotopic (exact) mass is 1800 g/mol. The zero-order valence-corrected chi connectivity index (χ0v) is 73.7. The summed E-state index contributed by atoms with van der Waals surface area (Å²) < 4.78 is 27.8. The molecular formula is C90H86ClN37O3S. The predicted molar refractivity (Wildman–Crippen MR) is 503 cm³/mol. The van der Waals surface area contributed by atoms with Crippen LogP contribution < -0.4 is 43.0 Å². The van der Waals surface area contributed by atoms with Crippen molar-refractivity contribution in [1.82, 2.24) is 151 Å². The number of imidazole rings is 5. The second-order valence-electron chi connectivity index (χ2n) is 31.0. The van der Waals surface area contributed by atoms with Crippen LogP contribution in [0.25, 0.3) is 95.8 Å². The Labute approximate surface area is 760 Å². The second-order valence-corrected chi connectivity index (χ2v) is 32.1. The van der Waals surface area contributed by atoms with E-state index in [4.69, 9.17) is 22.1 Å². The smallest absolute Gasteiger partial charge is 0.359 e. The van der Waals surface area contributed by atoms with E-state index in [2.05, 4.69) is 169 Å². The van der Waals surface area contributed by atoms with Gasteiger partial charge in [-0.3, -0.25) is 55.5 Å². The number of aryl methyl sites for hydroxylation is 6. The first-order valence-electron chi connectivity index (χ1n) is 41.8. The minimum atomic E-state index is -0.558. The number of fused-ring (bicyclic) bond motifs is 6. The molecule has 0 amide bonds. The van der Waals surface area contributed by atoms with Gasteiger partial charge in [0.25, 0.3) is 0 Å². The lowest BCUT2D eigenvalue weighted by Crippen LogP contribution is -2.42. The number of hydrogen-bond acceptors (Lipinski definition) is 30. The van der Waals surface area contributed by atoms with E-state index in [-0.39, 0.29) is 23.1 Å². The summed E-state index contributed by atoms with van der Waals surface area (Å²) in [5.74, 6) is 2.94. The maximum atomic E-state index is 11.9. The lowest BCUT2D eigenvalue weighted by Gasteiger charge is -2.25. The number of phenolic OH excluding ortho intramolecular Hbond substituents is 1. The topological polar surface area (TPSA) is 451 Å². The molecule has 1 aliphatic heterocycles. The largest absolute Gasteiger partial charge is 0.507 e. The number of carbonyl (C=O) groups excluding carboxylic acids is 1. The number of esters is 1. The number of aromatic hydroxyl groups is 1. The van der Waals surface area contributed by atoms with Gasteiger partial charge in [0.1, 0.15) is 15.8 Å². The summed E-state index contributed by atoms with van der Waals surface area (Å²) in [5.41, 5.74) is 29.2. The molecule has 0 spiro atoms. The Hall–Kier alpha value is -16.9. The number of nitrogens with zero attached hydrogens (tertiary/aromatic N) is 28. The first-order valence-corrected chi connectivity index (χ1v) is 43.0. The summed E-state index contributed by atoms with van der Waals surface area (Å²) in [4.78, 5) is 61.0. The molecule has 40 nitrogen and oxygen atoms in total. The Morgan fingerprint density at radius 1 is 0.500 bits per heavy atom. The van der Waals surface area contributed by atoms with Crippen molar-refractivity contribution in [2.24, 2.45) is 35.2 Å². The third-order valence-electron chi connectivity index (χ3n) is 21.8. The fourth-order valence-corrected chi connectivity index (χ4v) is 16.6. The number of pyridine rings is 1. The molecule has 2 unspecified atom stereocenters. The van der Waals surface area contributed by atoms with Crippen LogP contribution in [0.3, 0.4) is 0 Å². The van der Waals surface area contributed by atoms with Gasteiger partial charge in [0.05, 0.1) is 103 Å². The number of nitrogen functional groups attached to an aromatic ring is 1. The molecule has 42 heteroatoms. The molecule has 662 valence electrons. The third kappa shape index (κ3) is 18.1. The molecule has 1 aliphatic carbocycles. The highest BCUT2D eigenvalue weighted by Gasteiger charge is 2.27. The van der Waals surface area contributed by atoms with Gasteiger partial charge in [-0.15, -0.1) is 0 Å². The van der Waals surface area contributed by atoms with Crippen molar-refractivity contribution >= 4 is 114 Å². The van der Waals surface area contributed by atoms with Crippen LogP contribution in [0.2, 0.25) is 5.02 Å². The molecule has 2 atom stereocenters. The summed E-state index contributed by atoms with van der Waals surface area (Å²) in [6, 6.07) is 26.1. The minimum Gasteiger partial charge on any atom is -0.507 e. The van der Waals surface area contributed by atoms with Crippen LogP contribution in [-0.2, 0) is 52.8 Å². The lowest BCUT2D eigenvalue weighted by atomic mass is 10.0. The number of benzene rings is 3. The summed E-state index contributed by atoms with van der Waals surface area (Å²) in [7, 11) is 9.45. The van der Waals surface area contributed by atoms with Crippen molar-refractivity contribution in [1.29, 1.82) is 0 Å². The van der Waals surface area contributed by atoms with Crippen LogP contribution in [-0.4, -0.2) is 184 Å². The average Bonchev–Trinajstić information content (AvgIpc) is 1.64. The van der Waals surface area contributed by atoms with Gasteiger partial charge < -0.3 is 52.8 Å². The number of piperazine rings is 1. The van der Waals surface area contributed by atoms with Crippen molar-refractivity contribution in [2.75, 3.05) is 58.6 Å². The standard InChI is InChI=1S/C20H22N8.C19H16N8O.C19H19N7.C16H14ClN7O2S.C16H15N7/c1-27-13-15(10-25-27)18-12-24-20-19(23-7-8-28(18)20)26-16-4-2-3-14(9-16)17-11-21-5-6-22-17;1-26-11-12(9-23-26)16-10-21-19-18(20-6-7-27(16)19)24-13-2-3-17(28)14(8-13)15-4-5-22-25-15;1-25-11-14(9-23-25)17-10-22-19-18(21-4-5-26(17)19)24-16-7-12-2-3-15(20)6-13(12)8-16;1-3-26-16(25)12-11(17)15(27-22-12)21-13-14-19-7-10(24(14)5-4-18-13)9-6-20-23(2)8-9;1-11-7-13(3-4-17-11)21-15-16-19-9-14(23(16)6-5-18-15)12-8-20-22(2)10-12/h2-4,7-10,12-13,17,21-22H,5-6,11H2,1H3,(H,23,26);2-11,28H,1H3,(H,20,24)(H,22,25);2-6,9-11,16H,7-8,20H2,1H3,(H,21,24);4-8H,3H2,1-2H3,(H,18,21);3-10H,1-2H3,(H,17,18,21). The summed E-state index contributed by atoms with van der Waals surface area (Å²) in [6.07, 6.45) is 51.4. The van der Waals surface area contributed by atoms with Gasteiger partial charge in [-0.05, 0) is 116 Å². The Bertz CT molecular complexity index is 7690. The van der Waals surface area contributed by atoms with E-state index in [1.807, 2.05) is 188 Å². The molecule has 132 heavy (non-hydrogen) atoms. The number of nitrogens with two attached hydrogens (primary N) is 1. The van der Waals surface area contributed by atoms with Crippen molar-refractivity contribution in [3.05, 3.63) is 279 Å². The number of halogens is 1. The van der Waals surface area contributed by atoms with Gasteiger partial charge in [-0.1, -0.05) is 29.8 Å². The van der Waals surface area contributed by atoms with Crippen LogP contribution in [0, 0.1) is 6.92 Å². The summed E-state index contributed by atoms with van der Waals surface area (Å²) in [6.45, 7) is 6.86. The normalized spacial score (nSPS) is 13.4. The Balaban J connectivity index is 0.000000107. The van der Waals surface area contributed by atoms with Crippen LogP contribution in [0.4, 0.5) is 56.8 Å². The molecule has 0 radical (unpaired) electrons. The minimum absolute atomic E-state index is 0.0809. The number of carbonyl (C=O) groups is 1. The maximum Gasteiger partial charge on any atom is 0.359 e. The Morgan fingerprint density at radius 2 is 0.962 bits per heavy atom. The molecule has 1 saturated heterocycles. The van der Waals surface area contributed by atoms with Crippen LogP contribution >= 0.6 is 23.1 Å². The molecule has 1 fully saturated rings. The number of nitrogens with one attached hydrogen (secondary N) is 8. The quantitative estimate of drug-likeness (QED) is 0.0204. The van der Waals surface area contributed by atoms with E-state index >= 15 is 0 Å². The zero-order chi connectivity index (χ0) is 90.5. The number of hydrogen-bond donors (Lipinski definition) is 10. The van der Waals surface area contributed by atoms with E-state index in [1.54, 1.807) is 117 Å². The van der Waals surface area contributed by atoms with Crippen LogP contribution in [0.5, 0.6) is 5.75 Å². The Kier molecular flexibility index (Phi) is 23.8. The fourth-order valence-electron chi connectivity index (χ4n) is 15.6. The van der Waals surface area contributed by atoms with Gasteiger partial charge in [-0.25, -0.2) is 54.6 Å². The molecule has 11 N–H and O–H groups in total. The number of rotatable bonds is 19. The first-order chi connectivity index (χ1) is 64.4. The molecule has 19 heterocycles. The number of ether oxygens (including phenoxy) is 1. The molecule has 3 aromatic carbocycles. The van der Waals surface area contributed by atoms with Crippen molar-refractivity contribution in [2.45, 2.75) is 38.8 Å². The molecule has 21 aromatic rings. The predicted octanol–water partition coefficient (Wildman–Crippen LogP) is 13.1. The lowest BCUT2D eigenvalue weighted by molar-refractivity contribution is 0.0521. The van der Waals surface area contributed by atoms with Crippen molar-refractivity contribution in [3.8, 4) is 73.3 Å². The van der Waals surface area contributed by atoms with Crippen LogP contribution in [0.1, 0.15) is 45.8 Å². The van der Waals surface area contributed by atoms with Gasteiger partial charge >= 0.3 is 5.97 Å². The van der Waals surface area contributed by atoms with Crippen molar-refractivity contribution in [3.63, 3.8) is 0 Å². The number of anilines is 10. The highest BCUT2D eigenvalue weighted by Crippen LogP contribution is 2.38. The van der Waals surface area contributed by atoms with Gasteiger partial charge in [0, 0.05) is 234 Å². The second kappa shape index (κ2) is 37.2. The number of phenols is 1. The highest BCUT2D eigenvalue weighted by atomic mass is 35.5. The molecule has 18 aromatic heterocycles. The van der Waals surface area contributed by atoms with E-state index < -0.39 is 5.97 Å². The highest BCUT2D eigenvalue weighted by molar-refractivity contribution is 7.11. The first kappa shape index (κ1) is 84.6. The van der Waals surface area contributed by atoms with E-state index in [0.29, 0.717) is 51.4 Å². The van der Waals surface area contributed by atoms with Crippen LogP contribution in [0.15, 0.2) is 246 Å². The third-order valence-corrected chi connectivity index (χ3v) is 23.0. The van der Waals surface area contributed by atoms with Crippen molar-refractivity contribution < 1.29 is 14.6 Å². The fraction of sp³-hybridized carbons (Fsp3) is 0.167. The zero-order valence-electron chi connectivity index (χ0n) is 72.1.